The van der Waals surface area contributed by atoms with Crippen molar-refractivity contribution >= 4 is 25.7 Å². The van der Waals surface area contributed by atoms with Gasteiger partial charge in [-0.2, -0.15) is 0 Å². The second kappa shape index (κ2) is 48.0. The number of phosphoric ester groups is 1. The minimum atomic E-state index is -4.72. The van der Waals surface area contributed by atoms with Gasteiger partial charge in [0.15, 0.2) is 6.10 Å². The molecule has 380 valence electrons. The highest BCUT2D eigenvalue weighted by Crippen LogP contribution is 2.43. The summed E-state index contributed by atoms with van der Waals surface area (Å²) in [7, 11) is -4.72. The van der Waals surface area contributed by atoms with Crippen LogP contribution in [0.2, 0.25) is 0 Å². The lowest BCUT2D eigenvalue weighted by atomic mass is 10.0. The Morgan fingerprint density at radius 3 is 0.922 bits per heavy atom. The molecule has 2 N–H and O–H groups in total. The van der Waals surface area contributed by atoms with E-state index >= 15 is 0 Å². The van der Waals surface area contributed by atoms with E-state index in [4.69, 9.17) is 23.3 Å². The number of phosphoric acid groups is 1. The van der Waals surface area contributed by atoms with E-state index in [2.05, 4.69) is 20.8 Å². The molecule has 0 radical (unpaired) electrons. The van der Waals surface area contributed by atoms with E-state index in [1.165, 1.54) is 161 Å². The van der Waals surface area contributed by atoms with Crippen molar-refractivity contribution in [1.29, 1.82) is 0 Å². The van der Waals surface area contributed by atoms with E-state index in [0.29, 0.717) is 19.3 Å². The van der Waals surface area contributed by atoms with Gasteiger partial charge in [-0.25, -0.2) is 4.57 Å². The van der Waals surface area contributed by atoms with Crippen LogP contribution in [0.15, 0.2) is 0 Å². The lowest BCUT2D eigenvalue weighted by Gasteiger charge is -2.21. The first-order valence-electron chi connectivity index (χ1n) is 26.9. The molecule has 11 nitrogen and oxygen atoms in total. The number of aliphatic hydroxyl groups is 1. The third kappa shape index (κ3) is 45.6. The SMILES string of the molecule is CCCCCCCCCCCCCCCCCCCC(=O)OC(COC(=O)CCCCCCCCCCC)COP(=O)(O)OCC(CO)OC(=O)CCCCCCCCCCCCC. The highest BCUT2D eigenvalue weighted by Gasteiger charge is 2.28. The minimum absolute atomic E-state index is 0.178. The molecule has 0 fully saturated rings. The predicted molar refractivity (Wildman–Crippen MR) is 261 cm³/mol. The summed E-state index contributed by atoms with van der Waals surface area (Å²) in [6.45, 7) is 4.66. The van der Waals surface area contributed by atoms with Crippen molar-refractivity contribution in [1.82, 2.24) is 0 Å². The van der Waals surface area contributed by atoms with E-state index in [9.17, 15) is 28.9 Å². The molecule has 12 heteroatoms. The zero-order valence-electron chi connectivity index (χ0n) is 41.8. The molecule has 0 heterocycles. The summed E-state index contributed by atoms with van der Waals surface area (Å²) in [5, 5.41) is 9.75. The van der Waals surface area contributed by atoms with Gasteiger partial charge in [-0.15, -0.1) is 0 Å². The first kappa shape index (κ1) is 62.5. The van der Waals surface area contributed by atoms with Gasteiger partial charge in [-0.3, -0.25) is 23.4 Å². The van der Waals surface area contributed by atoms with Crippen molar-refractivity contribution in [2.45, 2.75) is 290 Å². The number of esters is 3. The van der Waals surface area contributed by atoms with Crippen LogP contribution in [0.25, 0.3) is 0 Å². The molecule has 64 heavy (non-hydrogen) atoms. The maximum Gasteiger partial charge on any atom is 0.472 e. The maximum absolute atomic E-state index is 12.8. The maximum atomic E-state index is 12.8. The van der Waals surface area contributed by atoms with E-state index < -0.39 is 57.8 Å². The van der Waals surface area contributed by atoms with Crippen LogP contribution in [0.5, 0.6) is 0 Å². The Labute approximate surface area is 393 Å². The van der Waals surface area contributed by atoms with Crippen LogP contribution in [0, 0.1) is 0 Å². The summed E-state index contributed by atoms with van der Waals surface area (Å²) in [6.07, 6.45) is 42.2. The van der Waals surface area contributed by atoms with Gasteiger partial charge < -0.3 is 24.2 Å². The Hall–Kier alpha value is -1.52. The Kier molecular flexibility index (Phi) is 46.8. The fourth-order valence-corrected chi connectivity index (χ4v) is 8.67. The monoisotopic (exact) mass is 933 g/mol. The fourth-order valence-electron chi connectivity index (χ4n) is 7.89. The van der Waals surface area contributed by atoms with Crippen LogP contribution < -0.4 is 0 Å². The largest absolute Gasteiger partial charge is 0.472 e. The van der Waals surface area contributed by atoms with E-state index in [0.717, 1.165) is 57.8 Å². The van der Waals surface area contributed by atoms with Gasteiger partial charge in [0.1, 0.15) is 12.7 Å². The number of hydrogen-bond donors (Lipinski definition) is 2. The molecule has 0 rings (SSSR count). The van der Waals surface area contributed by atoms with Crippen molar-refractivity contribution in [3.8, 4) is 0 Å². The number of aliphatic hydroxyl groups excluding tert-OH is 1. The van der Waals surface area contributed by atoms with Crippen LogP contribution in [-0.4, -0.2) is 66.5 Å². The van der Waals surface area contributed by atoms with Gasteiger partial charge in [0, 0.05) is 19.3 Å². The first-order chi connectivity index (χ1) is 31.2. The molecule has 0 aliphatic heterocycles. The molecular formula is C52H101O11P. The van der Waals surface area contributed by atoms with Crippen LogP contribution >= 0.6 is 7.82 Å². The topological polar surface area (TPSA) is 155 Å². The fraction of sp³-hybridized carbons (Fsp3) is 0.942. The molecule has 3 atom stereocenters. The van der Waals surface area contributed by atoms with Crippen LogP contribution in [0.4, 0.5) is 0 Å². The summed E-state index contributed by atoms with van der Waals surface area (Å²) in [5.41, 5.74) is 0. The van der Waals surface area contributed by atoms with Gasteiger partial charge in [0.2, 0.25) is 0 Å². The molecule has 3 unspecified atom stereocenters. The average Bonchev–Trinajstić information content (AvgIpc) is 3.28. The number of carbonyl (C=O) groups is 3. The van der Waals surface area contributed by atoms with Gasteiger partial charge in [-0.05, 0) is 19.3 Å². The molecule has 0 aliphatic carbocycles. The highest BCUT2D eigenvalue weighted by molar-refractivity contribution is 7.47. The molecule has 0 spiro atoms. The smallest absolute Gasteiger partial charge is 0.462 e. The summed E-state index contributed by atoms with van der Waals surface area (Å²) < 4.78 is 39.3. The van der Waals surface area contributed by atoms with E-state index in [-0.39, 0.29) is 25.9 Å². The lowest BCUT2D eigenvalue weighted by molar-refractivity contribution is -0.161. The Bertz CT molecular complexity index is 1090. The molecule has 0 saturated carbocycles. The Balaban J connectivity index is 4.63. The Morgan fingerprint density at radius 2 is 0.625 bits per heavy atom. The van der Waals surface area contributed by atoms with Crippen molar-refractivity contribution < 1.29 is 52.2 Å². The van der Waals surface area contributed by atoms with Gasteiger partial charge >= 0.3 is 25.7 Å². The Morgan fingerprint density at radius 1 is 0.375 bits per heavy atom. The number of carbonyl (C=O) groups excluding carboxylic acids is 3. The molecule has 0 amide bonds. The van der Waals surface area contributed by atoms with Crippen molar-refractivity contribution in [2.75, 3.05) is 26.4 Å². The second-order valence-electron chi connectivity index (χ2n) is 18.4. The summed E-state index contributed by atoms with van der Waals surface area (Å²) >= 11 is 0. The third-order valence-electron chi connectivity index (χ3n) is 12.0. The van der Waals surface area contributed by atoms with Crippen LogP contribution in [0.3, 0.4) is 0 Å². The number of hydrogen-bond acceptors (Lipinski definition) is 10. The van der Waals surface area contributed by atoms with E-state index in [1.807, 2.05) is 0 Å². The zero-order valence-corrected chi connectivity index (χ0v) is 42.7. The third-order valence-corrected chi connectivity index (χ3v) is 13.0. The normalized spacial score (nSPS) is 13.4. The lowest BCUT2D eigenvalue weighted by Crippen LogP contribution is -2.30. The summed E-state index contributed by atoms with van der Waals surface area (Å²) in [6, 6.07) is 0. The zero-order chi connectivity index (χ0) is 47.0. The van der Waals surface area contributed by atoms with E-state index in [1.54, 1.807) is 0 Å². The summed E-state index contributed by atoms with van der Waals surface area (Å²) in [5.74, 6) is -1.44. The van der Waals surface area contributed by atoms with Crippen LogP contribution in [0.1, 0.15) is 278 Å². The molecule has 0 saturated heterocycles. The predicted octanol–water partition coefficient (Wildman–Crippen LogP) is 15.1. The van der Waals surface area contributed by atoms with Crippen molar-refractivity contribution in [2.24, 2.45) is 0 Å². The average molecular weight is 933 g/mol. The highest BCUT2D eigenvalue weighted by atomic mass is 31.2. The minimum Gasteiger partial charge on any atom is -0.462 e. The van der Waals surface area contributed by atoms with Gasteiger partial charge in [-0.1, -0.05) is 239 Å². The molecule has 0 aromatic rings. The molecule has 0 aromatic carbocycles. The second-order valence-corrected chi connectivity index (χ2v) is 19.9. The molecule has 0 aromatic heterocycles. The van der Waals surface area contributed by atoms with Crippen LogP contribution in [-0.2, 0) is 42.2 Å². The quantitative estimate of drug-likeness (QED) is 0.0259. The first-order valence-corrected chi connectivity index (χ1v) is 28.4. The van der Waals surface area contributed by atoms with Gasteiger partial charge in [0.05, 0.1) is 19.8 Å². The summed E-state index contributed by atoms with van der Waals surface area (Å²) in [4.78, 5) is 48.2. The molecule has 0 aliphatic rings. The number of ether oxygens (including phenoxy) is 3. The van der Waals surface area contributed by atoms with Crippen molar-refractivity contribution in [3.05, 3.63) is 0 Å². The molecule has 0 bridgehead atoms. The van der Waals surface area contributed by atoms with Gasteiger partial charge in [0.25, 0.3) is 0 Å². The van der Waals surface area contributed by atoms with Crippen molar-refractivity contribution in [3.63, 3.8) is 0 Å². The molecular weight excluding hydrogens is 832 g/mol. The number of unbranched alkanes of at least 4 members (excludes halogenated alkanes) is 34. The number of rotatable bonds is 51. The standard InChI is InChI=1S/C52H101O11P/c1-4-7-10-13-16-19-21-22-23-24-25-26-28-31-34-37-40-43-52(56)63-49(45-59-50(54)41-38-35-32-29-18-15-12-9-6-3)47-61-64(57,58)60-46-48(44-53)62-51(55)42-39-36-33-30-27-20-17-14-11-8-5-2/h48-49,53H,4-47H2,1-3H3,(H,57,58).